The highest BCUT2D eigenvalue weighted by Crippen LogP contribution is 2.31. The smallest absolute Gasteiger partial charge is 0.304 e. The zero-order valence-electron chi connectivity index (χ0n) is 17.6. The molecule has 0 bridgehead atoms. The van der Waals surface area contributed by atoms with Crippen LogP contribution < -0.4 is 10.2 Å². The van der Waals surface area contributed by atoms with E-state index in [4.69, 9.17) is 5.11 Å². The van der Waals surface area contributed by atoms with Crippen molar-refractivity contribution >= 4 is 34.2 Å². The molecule has 0 radical (unpaired) electrons. The minimum Gasteiger partial charge on any atom is -0.481 e. The van der Waals surface area contributed by atoms with E-state index in [-0.39, 0.29) is 23.8 Å². The summed E-state index contributed by atoms with van der Waals surface area (Å²) in [6.45, 7) is 3.98. The number of carbonyl (C=O) groups is 2. The van der Waals surface area contributed by atoms with Crippen molar-refractivity contribution in [2.24, 2.45) is 5.92 Å². The van der Waals surface area contributed by atoms with Crippen molar-refractivity contribution in [3.8, 4) is 0 Å². The minimum atomic E-state index is -1.24. The third kappa shape index (κ3) is 7.43. The molecule has 8 nitrogen and oxygen atoms in total. The van der Waals surface area contributed by atoms with Gasteiger partial charge in [0, 0.05) is 47.1 Å². The second-order valence-corrected chi connectivity index (χ2v) is 9.31. The Kier molecular flexibility index (Phi) is 8.11. The number of nitrogens with one attached hydrogen (secondary N) is 1. The van der Waals surface area contributed by atoms with Gasteiger partial charge < -0.3 is 15.3 Å². The average molecular weight is 445 g/mol. The highest BCUT2D eigenvalue weighted by Gasteiger charge is 2.25. The van der Waals surface area contributed by atoms with E-state index in [0.717, 1.165) is 36.8 Å². The first-order valence-electron chi connectivity index (χ1n) is 10.5. The summed E-state index contributed by atoms with van der Waals surface area (Å²) in [5.74, 6) is 0.628. The van der Waals surface area contributed by atoms with E-state index in [1.807, 2.05) is 0 Å². The molecule has 1 aromatic carbocycles. The second kappa shape index (κ2) is 11.0. The number of hydrogen-bond donors (Lipinski definition) is 2. The molecular formula is C22H28N4O4S. The number of carboxylic acid groups (broad SMARTS) is 1. The van der Waals surface area contributed by atoms with Gasteiger partial charge in [-0.1, -0.05) is 19.1 Å². The summed E-state index contributed by atoms with van der Waals surface area (Å²) in [6, 6.07) is 8.75. The topological polar surface area (TPSA) is 112 Å². The SMILES string of the molecule is CCCN(CC1CC1)c1cc(C(=O)Nc2ccc(CS(=O)CCC(=O)O)cc2)ncn1. The van der Waals surface area contributed by atoms with Crippen molar-refractivity contribution in [1.82, 2.24) is 9.97 Å². The summed E-state index contributed by atoms with van der Waals surface area (Å²) >= 11 is 0. The number of aromatic nitrogens is 2. The molecular weight excluding hydrogens is 416 g/mol. The van der Waals surface area contributed by atoms with E-state index >= 15 is 0 Å². The molecule has 166 valence electrons. The minimum absolute atomic E-state index is 0.113. The largest absolute Gasteiger partial charge is 0.481 e. The number of carbonyl (C=O) groups excluding carboxylic acids is 1. The molecule has 1 atom stereocenters. The third-order valence-corrected chi connectivity index (χ3v) is 6.28. The molecule has 31 heavy (non-hydrogen) atoms. The number of rotatable bonds is 12. The molecule has 0 saturated heterocycles. The van der Waals surface area contributed by atoms with Gasteiger partial charge >= 0.3 is 5.97 Å². The molecule has 0 spiro atoms. The van der Waals surface area contributed by atoms with Gasteiger partial charge in [0.05, 0.1) is 6.42 Å². The first-order chi connectivity index (χ1) is 14.9. The molecule has 3 rings (SSSR count). The standard InChI is InChI=1S/C22H28N4O4S/c1-2-10-26(13-16-3-4-16)20-12-19(23-15-24-20)22(29)25-18-7-5-17(6-8-18)14-31(30)11-9-21(27)28/h5-8,12,15-16H,2-4,9-11,13-14H2,1H3,(H,25,29)(H,27,28). The fourth-order valence-corrected chi connectivity index (χ4v) is 4.28. The maximum atomic E-state index is 12.7. The molecule has 2 N–H and O–H groups in total. The summed E-state index contributed by atoms with van der Waals surface area (Å²) in [5, 5.41) is 11.5. The van der Waals surface area contributed by atoms with Gasteiger partial charge in [-0.15, -0.1) is 0 Å². The number of benzene rings is 1. The van der Waals surface area contributed by atoms with Crippen LogP contribution in [0.2, 0.25) is 0 Å². The van der Waals surface area contributed by atoms with Gasteiger partial charge in [0.15, 0.2) is 0 Å². The van der Waals surface area contributed by atoms with Crippen LogP contribution in [-0.2, 0) is 21.3 Å². The summed E-state index contributed by atoms with van der Waals surface area (Å²) < 4.78 is 11.9. The Morgan fingerprint density at radius 1 is 1.23 bits per heavy atom. The van der Waals surface area contributed by atoms with E-state index in [0.29, 0.717) is 11.4 Å². The lowest BCUT2D eigenvalue weighted by molar-refractivity contribution is -0.136. The van der Waals surface area contributed by atoms with Gasteiger partial charge in [-0.2, -0.15) is 0 Å². The summed E-state index contributed by atoms with van der Waals surface area (Å²) in [6.07, 6.45) is 4.82. The van der Waals surface area contributed by atoms with Crippen molar-refractivity contribution in [3.05, 3.63) is 47.9 Å². The maximum Gasteiger partial charge on any atom is 0.304 e. The first kappa shape index (κ1) is 22.9. The molecule has 1 saturated carbocycles. The van der Waals surface area contributed by atoms with Crippen molar-refractivity contribution in [3.63, 3.8) is 0 Å². The van der Waals surface area contributed by atoms with Crippen LogP contribution in [0, 0.1) is 5.92 Å². The molecule has 1 aliphatic carbocycles. The number of amides is 1. The first-order valence-corrected chi connectivity index (χ1v) is 12.0. The van der Waals surface area contributed by atoms with Gasteiger partial charge in [0.1, 0.15) is 17.8 Å². The summed E-state index contributed by atoms with van der Waals surface area (Å²) in [4.78, 5) is 34.0. The summed E-state index contributed by atoms with van der Waals surface area (Å²) in [7, 11) is -1.24. The van der Waals surface area contributed by atoms with E-state index in [9.17, 15) is 13.8 Å². The van der Waals surface area contributed by atoms with E-state index in [1.165, 1.54) is 19.2 Å². The highest BCUT2D eigenvalue weighted by atomic mass is 32.2. The zero-order chi connectivity index (χ0) is 22.2. The van der Waals surface area contributed by atoms with Crippen LogP contribution in [0.15, 0.2) is 36.7 Å². The molecule has 2 aromatic rings. The van der Waals surface area contributed by atoms with Crippen LogP contribution in [0.5, 0.6) is 0 Å². The molecule has 1 aliphatic rings. The number of carboxylic acids is 1. The Morgan fingerprint density at radius 3 is 2.61 bits per heavy atom. The number of nitrogens with zero attached hydrogens (tertiary/aromatic N) is 3. The Labute approximate surface area is 184 Å². The number of aliphatic carboxylic acids is 1. The van der Waals surface area contributed by atoms with Crippen molar-refractivity contribution in [2.75, 3.05) is 29.1 Å². The molecule has 1 unspecified atom stereocenters. The van der Waals surface area contributed by atoms with Crippen LogP contribution in [0.4, 0.5) is 11.5 Å². The van der Waals surface area contributed by atoms with Crippen molar-refractivity contribution < 1.29 is 18.9 Å². The maximum absolute atomic E-state index is 12.7. The lowest BCUT2D eigenvalue weighted by Crippen LogP contribution is -2.28. The Morgan fingerprint density at radius 2 is 1.97 bits per heavy atom. The van der Waals surface area contributed by atoms with Crippen LogP contribution in [0.1, 0.15) is 48.7 Å². The van der Waals surface area contributed by atoms with E-state index in [1.54, 1.807) is 30.3 Å². The van der Waals surface area contributed by atoms with E-state index < -0.39 is 16.8 Å². The van der Waals surface area contributed by atoms with Crippen LogP contribution >= 0.6 is 0 Å². The fourth-order valence-electron chi connectivity index (χ4n) is 3.16. The lowest BCUT2D eigenvalue weighted by atomic mass is 10.2. The monoisotopic (exact) mass is 444 g/mol. The van der Waals surface area contributed by atoms with Gasteiger partial charge in [-0.25, -0.2) is 9.97 Å². The predicted molar refractivity (Wildman–Crippen MR) is 121 cm³/mol. The Hall–Kier alpha value is -2.81. The van der Waals surface area contributed by atoms with Crippen LogP contribution in [0.3, 0.4) is 0 Å². The molecule has 1 amide bonds. The highest BCUT2D eigenvalue weighted by molar-refractivity contribution is 7.84. The van der Waals surface area contributed by atoms with Gasteiger partial charge in [-0.3, -0.25) is 13.8 Å². The predicted octanol–water partition coefficient (Wildman–Crippen LogP) is 3.08. The molecule has 9 heteroatoms. The molecule has 1 heterocycles. The Balaban J connectivity index is 1.59. The lowest BCUT2D eigenvalue weighted by Gasteiger charge is -2.23. The van der Waals surface area contributed by atoms with Gasteiger partial charge in [0.2, 0.25) is 0 Å². The van der Waals surface area contributed by atoms with Crippen LogP contribution in [-0.4, -0.2) is 50.0 Å². The Bertz CT molecular complexity index is 931. The van der Waals surface area contributed by atoms with Crippen molar-refractivity contribution in [2.45, 2.75) is 38.4 Å². The second-order valence-electron chi connectivity index (χ2n) is 7.73. The molecule has 1 aromatic heterocycles. The fraction of sp³-hybridized carbons (Fsp3) is 0.455. The quantitative estimate of drug-likeness (QED) is 0.517. The average Bonchev–Trinajstić information content (AvgIpc) is 3.57. The number of anilines is 2. The summed E-state index contributed by atoms with van der Waals surface area (Å²) in [5.41, 5.74) is 1.73. The van der Waals surface area contributed by atoms with Crippen molar-refractivity contribution in [1.29, 1.82) is 0 Å². The molecule has 0 aliphatic heterocycles. The normalized spacial score (nSPS) is 14.1. The number of hydrogen-bond acceptors (Lipinski definition) is 6. The van der Waals surface area contributed by atoms with E-state index in [2.05, 4.69) is 27.1 Å². The molecule has 1 fully saturated rings. The third-order valence-electron chi connectivity index (χ3n) is 4.96. The van der Waals surface area contributed by atoms with Crippen LogP contribution in [0.25, 0.3) is 0 Å². The van der Waals surface area contributed by atoms with Gasteiger partial charge in [-0.05, 0) is 42.9 Å². The zero-order valence-corrected chi connectivity index (χ0v) is 18.4. The van der Waals surface area contributed by atoms with Gasteiger partial charge in [0.25, 0.3) is 5.91 Å².